The van der Waals surface area contributed by atoms with Gasteiger partial charge < -0.3 is 15.2 Å². The topological polar surface area (TPSA) is 80.1 Å². The van der Waals surface area contributed by atoms with Gasteiger partial charge in [-0.1, -0.05) is 5.16 Å². The number of carbonyl (C=O) groups is 1. The maximum atomic E-state index is 11.7. The van der Waals surface area contributed by atoms with Crippen LogP contribution in [0.1, 0.15) is 18.6 Å². The van der Waals surface area contributed by atoms with Crippen LogP contribution in [0.4, 0.5) is 0 Å². The van der Waals surface area contributed by atoms with E-state index >= 15 is 0 Å². The Hall–Kier alpha value is -1.69. The van der Waals surface area contributed by atoms with Gasteiger partial charge in [0.25, 0.3) is 0 Å². The van der Waals surface area contributed by atoms with Crippen LogP contribution in [0.5, 0.6) is 0 Å². The molecule has 1 aliphatic heterocycles. The third-order valence-corrected chi connectivity index (χ3v) is 2.75. The van der Waals surface area contributed by atoms with Gasteiger partial charge in [0.05, 0.1) is 0 Å². The van der Waals surface area contributed by atoms with Crippen molar-refractivity contribution >= 4 is 5.91 Å². The van der Waals surface area contributed by atoms with Gasteiger partial charge in [-0.25, -0.2) is 0 Å². The third-order valence-electron chi connectivity index (χ3n) is 2.75. The van der Waals surface area contributed by atoms with Crippen LogP contribution in [-0.2, 0) is 11.2 Å². The minimum absolute atomic E-state index is 0.0123. The van der Waals surface area contributed by atoms with E-state index in [0.29, 0.717) is 24.7 Å². The molecule has 1 aliphatic rings. The van der Waals surface area contributed by atoms with Crippen LogP contribution in [0.2, 0.25) is 0 Å². The highest BCUT2D eigenvalue weighted by atomic mass is 16.5. The molecule has 2 rings (SSSR count). The molecule has 0 aliphatic carbocycles. The van der Waals surface area contributed by atoms with Crippen molar-refractivity contribution in [3.63, 3.8) is 0 Å². The maximum absolute atomic E-state index is 11.7. The van der Waals surface area contributed by atoms with E-state index in [-0.39, 0.29) is 5.91 Å². The third kappa shape index (κ3) is 2.91. The normalized spacial score (nSPS) is 14.4. The Kier molecular flexibility index (Phi) is 3.53. The smallest absolute Gasteiger partial charge is 0.246 e. The number of rotatable bonds is 4. The van der Waals surface area contributed by atoms with E-state index in [1.807, 2.05) is 6.92 Å². The van der Waals surface area contributed by atoms with Crippen LogP contribution in [0.15, 0.2) is 15.7 Å². The van der Waals surface area contributed by atoms with Crippen molar-refractivity contribution in [1.29, 1.82) is 0 Å². The number of hydrogen-bond donors (Lipinski definition) is 2. The Bertz CT molecular complexity index is 444. The summed E-state index contributed by atoms with van der Waals surface area (Å²) in [6, 6.07) is 0. The molecular weight excluding hydrogens is 220 g/mol. The molecular formula is C11H16N4O2. The average molecular weight is 236 g/mol. The van der Waals surface area contributed by atoms with Gasteiger partial charge in [0, 0.05) is 38.6 Å². The number of hydrogen-bond acceptors (Lipinski definition) is 5. The summed E-state index contributed by atoms with van der Waals surface area (Å²) in [6.07, 6.45) is 0.587. The van der Waals surface area contributed by atoms with Crippen LogP contribution < -0.4 is 10.6 Å². The van der Waals surface area contributed by atoms with Crippen LogP contribution >= 0.6 is 0 Å². The summed E-state index contributed by atoms with van der Waals surface area (Å²) >= 11 is 0. The van der Waals surface area contributed by atoms with E-state index in [2.05, 4.69) is 20.8 Å². The van der Waals surface area contributed by atoms with Crippen molar-refractivity contribution in [2.75, 3.05) is 19.6 Å². The van der Waals surface area contributed by atoms with Crippen molar-refractivity contribution < 1.29 is 9.32 Å². The lowest BCUT2D eigenvalue weighted by atomic mass is 10.0. The molecule has 0 aromatic carbocycles. The predicted octanol–water partition coefficient (Wildman–Crippen LogP) is -0.0436. The zero-order chi connectivity index (χ0) is 12.3. The SMILES string of the molecule is CC(C(=O)NCCc1noc(C)n1)=C1CNC1. The predicted molar refractivity (Wildman–Crippen MR) is 61.3 cm³/mol. The second-order valence-corrected chi connectivity index (χ2v) is 4.07. The summed E-state index contributed by atoms with van der Waals surface area (Å²) < 4.78 is 4.84. The minimum atomic E-state index is -0.0123. The van der Waals surface area contributed by atoms with Crippen LogP contribution in [0, 0.1) is 6.92 Å². The fourth-order valence-corrected chi connectivity index (χ4v) is 1.54. The molecule has 1 aromatic heterocycles. The van der Waals surface area contributed by atoms with Gasteiger partial charge in [-0.2, -0.15) is 4.98 Å². The van der Waals surface area contributed by atoms with E-state index in [1.165, 1.54) is 5.57 Å². The maximum Gasteiger partial charge on any atom is 0.246 e. The molecule has 0 spiro atoms. The van der Waals surface area contributed by atoms with E-state index in [0.717, 1.165) is 18.7 Å². The highest BCUT2D eigenvalue weighted by molar-refractivity contribution is 5.93. The lowest BCUT2D eigenvalue weighted by molar-refractivity contribution is -0.117. The molecule has 0 radical (unpaired) electrons. The minimum Gasteiger partial charge on any atom is -0.352 e. The van der Waals surface area contributed by atoms with Gasteiger partial charge >= 0.3 is 0 Å². The quantitative estimate of drug-likeness (QED) is 0.717. The molecule has 1 amide bonds. The number of amides is 1. The van der Waals surface area contributed by atoms with E-state index < -0.39 is 0 Å². The van der Waals surface area contributed by atoms with Gasteiger partial charge in [0.15, 0.2) is 5.82 Å². The largest absolute Gasteiger partial charge is 0.352 e. The molecule has 2 heterocycles. The Morgan fingerprint density at radius 1 is 1.53 bits per heavy atom. The van der Waals surface area contributed by atoms with Crippen LogP contribution in [-0.4, -0.2) is 35.7 Å². The zero-order valence-electron chi connectivity index (χ0n) is 10.0. The van der Waals surface area contributed by atoms with E-state index in [9.17, 15) is 4.79 Å². The van der Waals surface area contributed by atoms with Crippen LogP contribution in [0.25, 0.3) is 0 Å². The number of nitrogens with one attached hydrogen (secondary N) is 2. The number of nitrogens with zero attached hydrogens (tertiary/aromatic N) is 2. The van der Waals surface area contributed by atoms with E-state index in [4.69, 9.17) is 4.52 Å². The highest BCUT2D eigenvalue weighted by Crippen LogP contribution is 2.08. The first-order valence-electron chi connectivity index (χ1n) is 5.63. The molecule has 0 unspecified atom stereocenters. The van der Waals surface area contributed by atoms with Gasteiger partial charge in [-0.3, -0.25) is 4.79 Å². The average Bonchev–Trinajstić information content (AvgIpc) is 2.61. The highest BCUT2D eigenvalue weighted by Gasteiger charge is 2.15. The second-order valence-electron chi connectivity index (χ2n) is 4.07. The van der Waals surface area contributed by atoms with Gasteiger partial charge in [0.2, 0.25) is 11.8 Å². The molecule has 1 aromatic rings. The molecule has 2 N–H and O–H groups in total. The molecule has 17 heavy (non-hydrogen) atoms. The first-order chi connectivity index (χ1) is 8.16. The molecule has 92 valence electrons. The fraction of sp³-hybridized carbons (Fsp3) is 0.545. The molecule has 1 fully saturated rings. The van der Waals surface area contributed by atoms with Gasteiger partial charge in [-0.15, -0.1) is 0 Å². The summed E-state index contributed by atoms with van der Waals surface area (Å²) in [6.45, 7) is 5.76. The Morgan fingerprint density at radius 3 is 2.82 bits per heavy atom. The summed E-state index contributed by atoms with van der Waals surface area (Å²) in [5.41, 5.74) is 1.99. The summed E-state index contributed by atoms with van der Waals surface area (Å²) in [5, 5.41) is 9.71. The Balaban J connectivity index is 1.77. The first-order valence-corrected chi connectivity index (χ1v) is 5.63. The molecule has 0 saturated carbocycles. The van der Waals surface area contributed by atoms with Crippen LogP contribution in [0.3, 0.4) is 0 Å². The lowest BCUT2D eigenvalue weighted by Gasteiger charge is -2.21. The van der Waals surface area contributed by atoms with Crippen molar-refractivity contribution in [1.82, 2.24) is 20.8 Å². The number of carbonyl (C=O) groups excluding carboxylic acids is 1. The summed E-state index contributed by atoms with van der Waals surface area (Å²) in [7, 11) is 0. The molecule has 1 saturated heterocycles. The zero-order valence-corrected chi connectivity index (χ0v) is 10.0. The van der Waals surface area contributed by atoms with E-state index in [1.54, 1.807) is 6.92 Å². The standard InChI is InChI=1S/C11H16N4O2/c1-7(9-5-12-6-9)11(16)13-4-3-10-14-8(2)17-15-10/h12H,3-6H2,1-2H3,(H,13,16). The first kappa shape index (κ1) is 11.8. The van der Waals surface area contributed by atoms with Crippen molar-refractivity contribution in [2.24, 2.45) is 0 Å². The van der Waals surface area contributed by atoms with Crippen molar-refractivity contribution in [3.05, 3.63) is 22.9 Å². The van der Waals surface area contributed by atoms with Crippen molar-refractivity contribution in [2.45, 2.75) is 20.3 Å². The number of aromatic nitrogens is 2. The van der Waals surface area contributed by atoms with Crippen molar-refractivity contribution in [3.8, 4) is 0 Å². The molecule has 6 heteroatoms. The summed E-state index contributed by atoms with van der Waals surface area (Å²) in [5.74, 6) is 1.16. The second kappa shape index (κ2) is 5.09. The monoisotopic (exact) mass is 236 g/mol. The number of aryl methyl sites for hydroxylation is 1. The Labute approximate surface area is 99.5 Å². The van der Waals surface area contributed by atoms with Gasteiger partial charge in [0.1, 0.15) is 0 Å². The Morgan fingerprint density at radius 2 is 2.29 bits per heavy atom. The van der Waals surface area contributed by atoms with Gasteiger partial charge in [-0.05, 0) is 12.5 Å². The molecule has 0 atom stereocenters. The summed E-state index contributed by atoms with van der Waals surface area (Å²) in [4.78, 5) is 15.8. The molecule has 0 bridgehead atoms. The fourth-order valence-electron chi connectivity index (χ4n) is 1.54. The lowest BCUT2D eigenvalue weighted by Crippen LogP contribution is -2.38. The molecule has 6 nitrogen and oxygen atoms in total.